The molecule has 2 rings (SSSR count). The van der Waals surface area contributed by atoms with Gasteiger partial charge in [-0.3, -0.25) is 9.69 Å². The van der Waals surface area contributed by atoms with E-state index in [0.29, 0.717) is 13.1 Å². The lowest BCUT2D eigenvalue weighted by Crippen LogP contribution is -2.32. The predicted molar refractivity (Wildman–Crippen MR) is 81.1 cm³/mol. The zero-order chi connectivity index (χ0) is 15.2. The van der Waals surface area contributed by atoms with Gasteiger partial charge in [-0.05, 0) is 18.4 Å². The van der Waals surface area contributed by atoms with E-state index in [2.05, 4.69) is 29.0 Å². The first kappa shape index (κ1) is 15.3. The molecule has 0 aliphatic heterocycles. The van der Waals surface area contributed by atoms with Gasteiger partial charge in [0.1, 0.15) is 5.82 Å². The Labute approximate surface area is 124 Å². The van der Waals surface area contributed by atoms with Gasteiger partial charge in [0.2, 0.25) is 0 Å². The van der Waals surface area contributed by atoms with E-state index in [0.717, 1.165) is 11.5 Å². The zero-order valence-electron chi connectivity index (χ0n) is 12.4. The number of rotatable bonds is 7. The van der Waals surface area contributed by atoms with Gasteiger partial charge in [0.25, 0.3) is 0 Å². The molecule has 0 bridgehead atoms. The fourth-order valence-corrected chi connectivity index (χ4v) is 2.44. The number of aromatic amines is 1. The molecule has 0 spiro atoms. The summed E-state index contributed by atoms with van der Waals surface area (Å²) >= 11 is 0. The van der Waals surface area contributed by atoms with Crippen LogP contribution < -0.4 is 0 Å². The monoisotopic (exact) mass is 287 g/mol. The molecule has 1 heterocycles. The van der Waals surface area contributed by atoms with Crippen molar-refractivity contribution in [3.8, 4) is 0 Å². The van der Waals surface area contributed by atoms with Gasteiger partial charge in [-0.1, -0.05) is 37.3 Å². The number of nitrogens with one attached hydrogen (secondary N) is 1. The van der Waals surface area contributed by atoms with Crippen molar-refractivity contribution in [2.75, 3.05) is 13.1 Å². The van der Waals surface area contributed by atoms with Crippen LogP contribution in [0.5, 0.6) is 0 Å². The van der Waals surface area contributed by atoms with Crippen LogP contribution in [-0.2, 0) is 11.3 Å². The summed E-state index contributed by atoms with van der Waals surface area (Å²) in [6.45, 7) is 5.27. The molecular weight excluding hydrogens is 266 g/mol. The lowest BCUT2D eigenvalue weighted by Gasteiger charge is -2.23. The number of carboxylic acids is 1. The van der Waals surface area contributed by atoms with E-state index < -0.39 is 5.97 Å². The largest absolute Gasteiger partial charge is 0.480 e. The van der Waals surface area contributed by atoms with Gasteiger partial charge in [0.05, 0.1) is 6.54 Å². The summed E-state index contributed by atoms with van der Waals surface area (Å²) in [7, 11) is 0. The van der Waals surface area contributed by atoms with E-state index in [1.807, 2.05) is 30.0 Å². The van der Waals surface area contributed by atoms with Crippen molar-refractivity contribution in [1.82, 2.24) is 14.9 Å². The number of aromatic nitrogens is 2. The first-order valence-corrected chi connectivity index (χ1v) is 7.04. The van der Waals surface area contributed by atoms with E-state index in [-0.39, 0.29) is 12.5 Å². The molecule has 1 atom stereocenters. The Balaban J connectivity index is 2.03. The summed E-state index contributed by atoms with van der Waals surface area (Å²) in [6.07, 6.45) is 1.76. The second-order valence-electron chi connectivity index (χ2n) is 5.37. The Morgan fingerprint density at radius 2 is 2.10 bits per heavy atom. The van der Waals surface area contributed by atoms with Crippen molar-refractivity contribution in [3.05, 3.63) is 53.6 Å². The molecule has 1 aromatic heterocycles. The van der Waals surface area contributed by atoms with Crippen LogP contribution in [-0.4, -0.2) is 39.0 Å². The SMILES string of the molecule is Cc1ncc(CN(CC(=O)O)CC(C)c2ccccc2)[nH]1. The highest BCUT2D eigenvalue weighted by molar-refractivity contribution is 5.69. The fraction of sp³-hybridized carbons (Fsp3) is 0.375. The number of H-pyrrole nitrogens is 1. The maximum Gasteiger partial charge on any atom is 0.317 e. The molecule has 0 aliphatic rings. The van der Waals surface area contributed by atoms with Crippen LogP contribution in [0.2, 0.25) is 0 Å². The van der Waals surface area contributed by atoms with Crippen LogP contribution in [0.3, 0.4) is 0 Å². The average molecular weight is 287 g/mol. The highest BCUT2D eigenvalue weighted by atomic mass is 16.4. The molecule has 0 amide bonds. The number of aryl methyl sites for hydroxylation is 1. The summed E-state index contributed by atoms with van der Waals surface area (Å²) in [5.74, 6) is 0.303. The predicted octanol–water partition coefficient (Wildman–Crippen LogP) is 2.41. The van der Waals surface area contributed by atoms with Crippen molar-refractivity contribution in [1.29, 1.82) is 0 Å². The summed E-state index contributed by atoms with van der Waals surface area (Å²) in [4.78, 5) is 20.3. The summed E-state index contributed by atoms with van der Waals surface area (Å²) < 4.78 is 0. The summed E-state index contributed by atoms with van der Waals surface area (Å²) in [5.41, 5.74) is 2.16. The van der Waals surface area contributed by atoms with Crippen LogP contribution in [0.1, 0.15) is 29.9 Å². The van der Waals surface area contributed by atoms with E-state index >= 15 is 0 Å². The quantitative estimate of drug-likeness (QED) is 0.820. The van der Waals surface area contributed by atoms with Crippen molar-refractivity contribution >= 4 is 5.97 Å². The van der Waals surface area contributed by atoms with Crippen LogP contribution >= 0.6 is 0 Å². The molecule has 2 N–H and O–H groups in total. The summed E-state index contributed by atoms with van der Waals surface area (Å²) in [6, 6.07) is 10.1. The van der Waals surface area contributed by atoms with E-state index in [1.165, 1.54) is 5.56 Å². The third-order valence-corrected chi connectivity index (χ3v) is 3.41. The van der Waals surface area contributed by atoms with Crippen LogP contribution in [0.25, 0.3) is 0 Å². The Morgan fingerprint density at radius 3 is 2.67 bits per heavy atom. The van der Waals surface area contributed by atoms with Gasteiger partial charge in [0, 0.05) is 25.0 Å². The van der Waals surface area contributed by atoms with Crippen LogP contribution in [0, 0.1) is 6.92 Å². The van der Waals surface area contributed by atoms with Crippen molar-refractivity contribution in [2.45, 2.75) is 26.3 Å². The normalized spacial score (nSPS) is 12.5. The van der Waals surface area contributed by atoms with Crippen molar-refractivity contribution in [2.24, 2.45) is 0 Å². The lowest BCUT2D eigenvalue weighted by molar-refractivity contribution is -0.138. The number of aliphatic carboxylic acids is 1. The molecular formula is C16H21N3O2. The van der Waals surface area contributed by atoms with Gasteiger partial charge >= 0.3 is 5.97 Å². The van der Waals surface area contributed by atoms with Crippen molar-refractivity contribution < 1.29 is 9.90 Å². The van der Waals surface area contributed by atoms with Crippen molar-refractivity contribution in [3.63, 3.8) is 0 Å². The second-order valence-corrected chi connectivity index (χ2v) is 5.37. The number of carbonyl (C=O) groups is 1. The maximum absolute atomic E-state index is 11.1. The smallest absolute Gasteiger partial charge is 0.317 e. The molecule has 0 saturated heterocycles. The Bertz CT molecular complexity index is 580. The van der Waals surface area contributed by atoms with Crippen LogP contribution in [0.15, 0.2) is 36.5 Å². The Morgan fingerprint density at radius 1 is 1.38 bits per heavy atom. The van der Waals surface area contributed by atoms with Gasteiger partial charge in [-0.2, -0.15) is 0 Å². The minimum absolute atomic E-state index is 0.0231. The third-order valence-electron chi connectivity index (χ3n) is 3.41. The molecule has 1 aromatic carbocycles. The number of hydrogen-bond acceptors (Lipinski definition) is 3. The number of benzene rings is 1. The molecule has 112 valence electrons. The minimum Gasteiger partial charge on any atom is -0.480 e. The van der Waals surface area contributed by atoms with Crippen LogP contribution in [0.4, 0.5) is 0 Å². The molecule has 0 aliphatic carbocycles. The molecule has 0 fully saturated rings. The van der Waals surface area contributed by atoms with Gasteiger partial charge in [-0.25, -0.2) is 4.98 Å². The number of nitrogens with zero attached hydrogens (tertiary/aromatic N) is 2. The second kappa shape index (κ2) is 7.04. The lowest BCUT2D eigenvalue weighted by atomic mass is 10.0. The molecule has 0 saturated carbocycles. The first-order valence-electron chi connectivity index (χ1n) is 7.04. The number of carboxylic acid groups (broad SMARTS) is 1. The van der Waals surface area contributed by atoms with Gasteiger partial charge < -0.3 is 10.1 Å². The number of hydrogen-bond donors (Lipinski definition) is 2. The zero-order valence-corrected chi connectivity index (χ0v) is 12.4. The molecule has 1 unspecified atom stereocenters. The highest BCUT2D eigenvalue weighted by Gasteiger charge is 2.16. The molecule has 2 aromatic rings. The number of imidazole rings is 1. The third kappa shape index (κ3) is 4.72. The molecule has 5 nitrogen and oxygen atoms in total. The average Bonchev–Trinajstić information content (AvgIpc) is 2.84. The van der Waals surface area contributed by atoms with Gasteiger partial charge in [0.15, 0.2) is 0 Å². The molecule has 0 radical (unpaired) electrons. The van der Waals surface area contributed by atoms with E-state index in [4.69, 9.17) is 5.11 Å². The fourth-order valence-electron chi connectivity index (χ4n) is 2.44. The van der Waals surface area contributed by atoms with Gasteiger partial charge in [-0.15, -0.1) is 0 Å². The molecule has 21 heavy (non-hydrogen) atoms. The Hall–Kier alpha value is -2.14. The van der Waals surface area contributed by atoms with E-state index in [9.17, 15) is 4.79 Å². The topological polar surface area (TPSA) is 69.2 Å². The molecule has 5 heteroatoms. The van der Waals surface area contributed by atoms with E-state index in [1.54, 1.807) is 6.20 Å². The highest BCUT2D eigenvalue weighted by Crippen LogP contribution is 2.17. The standard InChI is InChI=1S/C16H21N3O2/c1-12(14-6-4-3-5-7-14)9-19(11-16(20)21)10-15-8-17-13(2)18-15/h3-8,12H,9-11H2,1-2H3,(H,17,18)(H,20,21). The minimum atomic E-state index is -0.813. The summed E-state index contributed by atoms with van der Waals surface area (Å²) in [5, 5.41) is 9.08. The first-order chi connectivity index (χ1) is 10.0. The maximum atomic E-state index is 11.1. The Kier molecular flexibility index (Phi) is 5.11.